The third-order valence-corrected chi connectivity index (χ3v) is 3.97. The Morgan fingerprint density at radius 2 is 1.93 bits per heavy atom. The summed E-state index contributed by atoms with van der Waals surface area (Å²) in [5, 5.41) is 33.4. The Kier molecular flexibility index (Phi) is 7.42. The van der Waals surface area contributed by atoms with Crippen LogP contribution < -0.4 is 44.7 Å². The predicted octanol–water partition coefficient (Wildman–Crippen LogP) is -1.26. The molecule has 3 rings (SSSR count). The molecule has 0 bridgehead atoms. The quantitative estimate of drug-likeness (QED) is 0.493. The molecule has 8 nitrogen and oxygen atoms in total. The number of carbonyl (C=O) groups is 2. The van der Waals surface area contributed by atoms with E-state index in [1.807, 2.05) is 11.4 Å². The number of fused-ring (bicyclic) bond motifs is 1. The van der Waals surface area contributed by atoms with Gasteiger partial charge in [-0.2, -0.15) is 5.26 Å². The number of aliphatic carboxylic acids is 1. The van der Waals surface area contributed by atoms with Crippen LogP contribution in [0.5, 0.6) is 17.2 Å². The van der Waals surface area contributed by atoms with Gasteiger partial charge in [-0.15, -0.1) is 0 Å². The molecule has 0 saturated heterocycles. The van der Waals surface area contributed by atoms with Gasteiger partial charge >= 0.3 is 29.6 Å². The molecule has 1 heterocycles. The normalized spacial score (nSPS) is 9.93. The Labute approximate surface area is 192 Å². The molecule has 1 amide bonds. The summed E-state index contributed by atoms with van der Waals surface area (Å²) in [5.41, 5.74) is -0.634. The van der Waals surface area contributed by atoms with E-state index in [4.69, 9.17) is 16.3 Å². The fraction of sp³-hybridized carbons (Fsp3) is 0.0526. The Morgan fingerprint density at radius 1 is 1.24 bits per heavy atom. The van der Waals surface area contributed by atoms with Crippen molar-refractivity contribution in [1.82, 2.24) is 10.3 Å². The summed E-state index contributed by atoms with van der Waals surface area (Å²) in [4.78, 5) is 26.6. The molecular formula is C19H11ClN3NaO5. The molecule has 0 radical (unpaired) electrons. The number of nitrogens with zero attached hydrogens (tertiary/aromatic N) is 2. The number of benzene rings is 2. The van der Waals surface area contributed by atoms with Gasteiger partial charge in [0.05, 0.1) is 17.9 Å². The van der Waals surface area contributed by atoms with E-state index < -0.39 is 29.9 Å². The molecule has 0 fully saturated rings. The summed E-state index contributed by atoms with van der Waals surface area (Å²) in [5.74, 6) is -2.45. The van der Waals surface area contributed by atoms with Gasteiger partial charge < -0.3 is 25.1 Å². The topological polar surface area (TPSA) is 135 Å². The minimum absolute atomic E-state index is 0. The Bertz CT molecular complexity index is 1130. The zero-order valence-electron chi connectivity index (χ0n) is 15.1. The third kappa shape index (κ3) is 4.96. The van der Waals surface area contributed by atoms with Gasteiger partial charge in [-0.3, -0.25) is 4.79 Å². The van der Waals surface area contributed by atoms with Crippen LogP contribution in [0, 0.1) is 11.3 Å². The van der Waals surface area contributed by atoms with Gasteiger partial charge in [-0.05, 0) is 30.3 Å². The minimum atomic E-state index is -1.51. The number of carboxylic acids is 1. The van der Waals surface area contributed by atoms with E-state index in [2.05, 4.69) is 4.98 Å². The number of ether oxygens (including phenoxy) is 1. The van der Waals surface area contributed by atoms with E-state index in [-0.39, 0.29) is 51.8 Å². The Hall–Kier alpha value is -2.83. The molecule has 1 aromatic heterocycles. The van der Waals surface area contributed by atoms with Crippen molar-refractivity contribution in [3.05, 3.63) is 58.9 Å². The Balaban J connectivity index is 0.00000300. The fourth-order valence-electron chi connectivity index (χ4n) is 2.51. The van der Waals surface area contributed by atoms with Crippen molar-refractivity contribution < 1.29 is 54.1 Å². The molecule has 2 aromatic carbocycles. The number of pyridine rings is 1. The van der Waals surface area contributed by atoms with Crippen LogP contribution in [0.3, 0.4) is 0 Å². The molecule has 29 heavy (non-hydrogen) atoms. The van der Waals surface area contributed by atoms with Gasteiger partial charge in [-0.1, -0.05) is 23.7 Å². The molecule has 0 aliphatic carbocycles. The van der Waals surface area contributed by atoms with Crippen molar-refractivity contribution in [1.29, 1.82) is 5.26 Å². The van der Waals surface area contributed by atoms with E-state index in [0.29, 0.717) is 10.8 Å². The van der Waals surface area contributed by atoms with Crippen LogP contribution in [0.25, 0.3) is 10.8 Å². The summed E-state index contributed by atoms with van der Waals surface area (Å²) >= 11 is 5.85. The van der Waals surface area contributed by atoms with Gasteiger partial charge in [0.1, 0.15) is 23.3 Å². The monoisotopic (exact) mass is 419 g/mol. The number of rotatable bonds is 5. The number of hydrogen-bond donors (Lipinski definition) is 2. The second-order valence-corrected chi connectivity index (χ2v) is 6.00. The van der Waals surface area contributed by atoms with Crippen molar-refractivity contribution in [2.75, 3.05) is 6.54 Å². The SMILES string of the molecule is N#Cc1nc(C(=O)NCC(=O)[O-])c(O)c2c(Oc3ccc(Cl)cc3)cccc12.[Na+]. The number of halogens is 1. The van der Waals surface area contributed by atoms with Gasteiger partial charge in [0.2, 0.25) is 0 Å². The van der Waals surface area contributed by atoms with Crippen LogP contribution in [0.1, 0.15) is 16.2 Å². The summed E-state index contributed by atoms with van der Waals surface area (Å²) < 4.78 is 5.77. The molecule has 10 heteroatoms. The van der Waals surface area contributed by atoms with Crippen LogP contribution in [0.2, 0.25) is 5.02 Å². The number of carboxylic acid groups (broad SMARTS) is 1. The molecule has 140 valence electrons. The molecule has 0 aliphatic heterocycles. The standard InChI is InChI=1S/C19H12ClN3O5.Na/c20-10-4-6-11(7-5-10)28-14-3-1-2-12-13(8-21)23-17(18(26)16(12)14)19(27)22-9-15(24)25;/h1-7,26H,9H2,(H,22,27)(H,24,25);/q;+1/p-1. The van der Waals surface area contributed by atoms with Gasteiger partial charge in [0, 0.05) is 10.4 Å². The average Bonchev–Trinajstić information content (AvgIpc) is 2.68. The van der Waals surface area contributed by atoms with E-state index in [9.17, 15) is 25.1 Å². The average molecular weight is 420 g/mol. The van der Waals surface area contributed by atoms with Crippen molar-refractivity contribution in [2.45, 2.75) is 0 Å². The number of hydrogen-bond acceptors (Lipinski definition) is 7. The number of carbonyl (C=O) groups excluding carboxylic acids is 2. The number of amides is 1. The first-order valence-electron chi connectivity index (χ1n) is 7.88. The number of aromatic nitrogens is 1. The smallest absolute Gasteiger partial charge is 0.548 e. The minimum Gasteiger partial charge on any atom is -0.548 e. The molecule has 0 unspecified atom stereocenters. The first-order valence-corrected chi connectivity index (χ1v) is 8.25. The van der Waals surface area contributed by atoms with Crippen LogP contribution in [0.4, 0.5) is 0 Å². The van der Waals surface area contributed by atoms with Crippen LogP contribution in [-0.4, -0.2) is 28.5 Å². The zero-order valence-corrected chi connectivity index (χ0v) is 17.9. The first kappa shape index (κ1) is 22.5. The molecule has 0 atom stereocenters. The number of aromatic hydroxyl groups is 1. The van der Waals surface area contributed by atoms with E-state index in [1.165, 1.54) is 6.07 Å². The second-order valence-electron chi connectivity index (χ2n) is 5.56. The number of nitrogens with one attached hydrogen (secondary N) is 1. The summed E-state index contributed by atoms with van der Waals surface area (Å²) in [7, 11) is 0. The first-order chi connectivity index (χ1) is 13.4. The van der Waals surface area contributed by atoms with E-state index in [1.54, 1.807) is 36.4 Å². The molecule has 3 aromatic rings. The molecule has 0 saturated carbocycles. The van der Waals surface area contributed by atoms with E-state index in [0.717, 1.165) is 0 Å². The van der Waals surface area contributed by atoms with Crippen LogP contribution >= 0.6 is 11.6 Å². The maximum absolute atomic E-state index is 12.2. The van der Waals surface area contributed by atoms with Crippen molar-refractivity contribution >= 4 is 34.2 Å². The third-order valence-electron chi connectivity index (χ3n) is 3.72. The Morgan fingerprint density at radius 3 is 2.55 bits per heavy atom. The fourth-order valence-corrected chi connectivity index (χ4v) is 2.64. The van der Waals surface area contributed by atoms with Crippen LogP contribution in [-0.2, 0) is 4.79 Å². The molecule has 0 aliphatic rings. The van der Waals surface area contributed by atoms with Crippen molar-refractivity contribution in [2.24, 2.45) is 0 Å². The van der Waals surface area contributed by atoms with Gasteiger partial charge in [0.25, 0.3) is 5.91 Å². The summed E-state index contributed by atoms with van der Waals surface area (Å²) in [6.07, 6.45) is 0. The van der Waals surface area contributed by atoms with Crippen LogP contribution in [0.15, 0.2) is 42.5 Å². The molecule has 2 N–H and O–H groups in total. The second kappa shape index (κ2) is 9.58. The van der Waals surface area contributed by atoms with Crippen molar-refractivity contribution in [3.8, 4) is 23.3 Å². The predicted molar refractivity (Wildman–Crippen MR) is 97.0 cm³/mol. The largest absolute Gasteiger partial charge is 1.00 e. The summed E-state index contributed by atoms with van der Waals surface area (Å²) in [6.45, 7) is -0.775. The van der Waals surface area contributed by atoms with Gasteiger partial charge in [0.15, 0.2) is 11.4 Å². The zero-order chi connectivity index (χ0) is 20.3. The maximum atomic E-state index is 12.2. The molecular weight excluding hydrogens is 409 g/mol. The van der Waals surface area contributed by atoms with Crippen molar-refractivity contribution in [3.63, 3.8) is 0 Å². The summed E-state index contributed by atoms with van der Waals surface area (Å²) in [6, 6.07) is 13.0. The number of nitriles is 1. The van der Waals surface area contributed by atoms with Gasteiger partial charge in [-0.25, -0.2) is 4.98 Å². The van der Waals surface area contributed by atoms with E-state index >= 15 is 0 Å². The maximum Gasteiger partial charge on any atom is 1.00 e. The molecule has 0 spiro atoms.